The van der Waals surface area contributed by atoms with Crippen molar-refractivity contribution in [2.24, 2.45) is 17.8 Å². The zero-order chi connectivity index (χ0) is 20.7. The molecule has 3 aliphatic rings. The van der Waals surface area contributed by atoms with Gasteiger partial charge in [0.2, 0.25) is 0 Å². The molecule has 0 bridgehead atoms. The van der Waals surface area contributed by atoms with Crippen LogP contribution < -0.4 is 10.2 Å². The number of hydrogen-bond donors (Lipinski definition) is 2. The molecule has 4 atom stereocenters. The van der Waals surface area contributed by atoms with Gasteiger partial charge in [-0.15, -0.1) is 0 Å². The summed E-state index contributed by atoms with van der Waals surface area (Å²) in [6, 6.07) is 18.5. The van der Waals surface area contributed by atoms with Gasteiger partial charge >= 0.3 is 0 Å². The molecule has 158 valence electrons. The van der Waals surface area contributed by atoms with Crippen molar-refractivity contribution in [3.63, 3.8) is 0 Å². The molecular weight excluding hydrogens is 372 g/mol. The minimum absolute atomic E-state index is 0.00343. The summed E-state index contributed by atoms with van der Waals surface area (Å²) in [6.07, 6.45) is 5.21. The van der Waals surface area contributed by atoms with Gasteiger partial charge in [-0.05, 0) is 37.5 Å². The molecule has 0 aromatic heterocycles. The van der Waals surface area contributed by atoms with Crippen LogP contribution in [0.4, 0.5) is 5.69 Å². The van der Waals surface area contributed by atoms with Gasteiger partial charge in [0, 0.05) is 42.6 Å². The number of amides is 1. The van der Waals surface area contributed by atoms with E-state index in [0.717, 1.165) is 44.3 Å². The van der Waals surface area contributed by atoms with E-state index in [1.165, 1.54) is 17.7 Å². The third-order valence-corrected chi connectivity index (χ3v) is 7.65. The van der Waals surface area contributed by atoms with E-state index in [1.54, 1.807) is 0 Å². The van der Waals surface area contributed by atoms with Gasteiger partial charge in [-0.1, -0.05) is 67.3 Å². The van der Waals surface area contributed by atoms with E-state index in [0.29, 0.717) is 11.8 Å². The number of carbonyl (C=O) groups is 1. The van der Waals surface area contributed by atoms with E-state index in [4.69, 9.17) is 0 Å². The lowest BCUT2D eigenvalue weighted by Crippen LogP contribution is -2.51. The van der Waals surface area contributed by atoms with Gasteiger partial charge in [-0.2, -0.15) is 0 Å². The van der Waals surface area contributed by atoms with Crippen molar-refractivity contribution >= 4 is 11.6 Å². The van der Waals surface area contributed by atoms with Crippen molar-refractivity contribution in [1.82, 2.24) is 5.32 Å². The Balaban J connectivity index is 1.28. The largest absolute Gasteiger partial charge is 0.375 e. The minimum Gasteiger partial charge on any atom is -0.375 e. The molecule has 0 radical (unpaired) electrons. The molecule has 2 aromatic carbocycles. The maximum atomic E-state index is 13.5. The molecule has 4 nitrogen and oxygen atoms in total. The molecule has 2 aliphatic carbocycles. The maximum absolute atomic E-state index is 13.5. The molecule has 2 aromatic rings. The van der Waals surface area contributed by atoms with Crippen LogP contribution in [0.3, 0.4) is 0 Å². The Kier molecular flexibility index (Phi) is 5.06. The van der Waals surface area contributed by atoms with Crippen molar-refractivity contribution in [1.29, 1.82) is 0 Å². The third kappa shape index (κ3) is 3.41. The highest BCUT2D eigenvalue weighted by atomic mass is 16.3. The Labute approximate surface area is 179 Å². The second-order valence-corrected chi connectivity index (χ2v) is 9.53. The van der Waals surface area contributed by atoms with E-state index >= 15 is 0 Å². The average molecular weight is 405 g/mol. The summed E-state index contributed by atoms with van der Waals surface area (Å²) in [5.74, 6) is 0.779. The van der Waals surface area contributed by atoms with Crippen LogP contribution in [0.15, 0.2) is 54.6 Å². The molecule has 1 amide bonds. The normalized spacial score (nSPS) is 27.9. The summed E-state index contributed by atoms with van der Waals surface area (Å²) in [4.78, 5) is 15.9. The van der Waals surface area contributed by atoms with Gasteiger partial charge in [0.05, 0.1) is 0 Å². The number of fused-ring (bicyclic) bond motifs is 1. The smallest absolute Gasteiger partial charge is 0.257 e. The molecule has 2 N–H and O–H groups in total. The number of anilines is 1. The molecule has 3 fully saturated rings. The first kappa shape index (κ1) is 19.6. The number of nitrogens with one attached hydrogen (secondary N) is 1. The average Bonchev–Trinajstić information content (AvgIpc) is 3.22. The minimum atomic E-state index is -1.42. The Morgan fingerprint density at radius 1 is 0.967 bits per heavy atom. The number of aryl methyl sites for hydroxylation is 1. The number of hydrogen-bond acceptors (Lipinski definition) is 3. The van der Waals surface area contributed by atoms with Crippen molar-refractivity contribution < 1.29 is 9.90 Å². The maximum Gasteiger partial charge on any atom is 0.257 e. The number of rotatable bonds is 5. The first-order chi connectivity index (χ1) is 14.6. The van der Waals surface area contributed by atoms with Crippen LogP contribution in [0.25, 0.3) is 0 Å². The summed E-state index contributed by atoms with van der Waals surface area (Å²) < 4.78 is 0. The second kappa shape index (κ2) is 7.73. The highest BCUT2D eigenvalue weighted by Gasteiger charge is 2.58. The molecule has 1 saturated heterocycles. The van der Waals surface area contributed by atoms with Gasteiger partial charge in [-0.25, -0.2) is 0 Å². The Morgan fingerprint density at radius 3 is 2.23 bits per heavy atom. The third-order valence-electron chi connectivity index (χ3n) is 7.65. The van der Waals surface area contributed by atoms with Crippen LogP contribution in [-0.4, -0.2) is 30.1 Å². The zero-order valence-corrected chi connectivity index (χ0v) is 17.8. The van der Waals surface area contributed by atoms with Crippen LogP contribution in [0.1, 0.15) is 43.2 Å². The summed E-state index contributed by atoms with van der Waals surface area (Å²) in [7, 11) is 0. The fourth-order valence-electron chi connectivity index (χ4n) is 5.73. The van der Waals surface area contributed by atoms with Gasteiger partial charge in [0.25, 0.3) is 5.91 Å². The van der Waals surface area contributed by atoms with E-state index < -0.39 is 5.60 Å². The van der Waals surface area contributed by atoms with Gasteiger partial charge in [0.15, 0.2) is 5.60 Å². The Bertz CT molecular complexity index is 879. The number of piperidine rings is 1. The first-order valence-corrected chi connectivity index (χ1v) is 11.5. The van der Waals surface area contributed by atoms with Crippen molar-refractivity contribution in [3.05, 3.63) is 65.7 Å². The van der Waals surface area contributed by atoms with E-state index in [1.807, 2.05) is 30.3 Å². The number of carbonyl (C=O) groups excluding carboxylic acids is 1. The molecule has 1 aliphatic heterocycles. The van der Waals surface area contributed by atoms with Crippen molar-refractivity contribution in [2.45, 2.75) is 50.7 Å². The van der Waals surface area contributed by atoms with Crippen LogP contribution in [-0.2, 0) is 10.4 Å². The van der Waals surface area contributed by atoms with Crippen LogP contribution in [0.5, 0.6) is 0 Å². The predicted octanol–water partition coefficient (Wildman–Crippen LogP) is 4.01. The highest BCUT2D eigenvalue weighted by molar-refractivity contribution is 5.87. The quantitative estimate of drug-likeness (QED) is 0.792. The zero-order valence-electron chi connectivity index (χ0n) is 17.8. The Hall–Kier alpha value is -2.33. The predicted molar refractivity (Wildman–Crippen MR) is 119 cm³/mol. The molecule has 0 spiro atoms. The van der Waals surface area contributed by atoms with Crippen LogP contribution in [0, 0.1) is 24.7 Å². The second-order valence-electron chi connectivity index (χ2n) is 9.53. The molecule has 30 heavy (non-hydrogen) atoms. The lowest BCUT2D eigenvalue weighted by Gasteiger charge is -2.38. The van der Waals surface area contributed by atoms with E-state index in [-0.39, 0.29) is 17.9 Å². The standard InChI is InChI=1S/C26H32N2O2/c1-18-12-14-21(15-13-18)28-16-22-23(17-28)24(22)27-25(29)26(30,19-8-4-2-5-9-19)20-10-6-3-7-11-20/h2,4-5,8-9,12-15,20,22-24,30H,3,6-7,10-11,16-17H2,1H3,(H,27,29)/t22-,23+,24?,26?. The molecule has 5 rings (SSSR count). The van der Waals surface area contributed by atoms with Crippen LogP contribution >= 0.6 is 0 Å². The number of nitrogens with zero attached hydrogens (tertiary/aromatic N) is 1. The highest BCUT2D eigenvalue weighted by Crippen LogP contribution is 2.48. The lowest BCUT2D eigenvalue weighted by molar-refractivity contribution is -0.149. The Morgan fingerprint density at radius 2 is 1.60 bits per heavy atom. The van der Waals surface area contributed by atoms with Crippen LogP contribution in [0.2, 0.25) is 0 Å². The fraction of sp³-hybridized carbons (Fsp3) is 0.500. The van der Waals surface area contributed by atoms with Crippen molar-refractivity contribution in [2.75, 3.05) is 18.0 Å². The molecule has 4 heteroatoms. The monoisotopic (exact) mass is 404 g/mol. The number of benzene rings is 2. The molecule has 1 heterocycles. The molecule has 2 unspecified atom stereocenters. The lowest BCUT2D eigenvalue weighted by atomic mass is 9.73. The summed E-state index contributed by atoms with van der Waals surface area (Å²) in [6.45, 7) is 4.06. The van der Waals surface area contributed by atoms with Gasteiger partial charge in [0.1, 0.15) is 0 Å². The SMILES string of the molecule is Cc1ccc(N2C[C@@H]3C(NC(=O)C(O)(c4ccccc4)C4CCCCC4)[C@@H]3C2)cc1. The van der Waals surface area contributed by atoms with E-state index in [9.17, 15) is 9.90 Å². The molecular formula is C26H32N2O2. The summed E-state index contributed by atoms with van der Waals surface area (Å²) in [5, 5.41) is 15.0. The first-order valence-electron chi connectivity index (χ1n) is 11.5. The summed E-state index contributed by atoms with van der Waals surface area (Å²) >= 11 is 0. The fourth-order valence-corrected chi connectivity index (χ4v) is 5.73. The topological polar surface area (TPSA) is 52.6 Å². The van der Waals surface area contributed by atoms with Gasteiger partial charge < -0.3 is 15.3 Å². The summed E-state index contributed by atoms with van der Waals surface area (Å²) in [5.41, 5.74) is 1.85. The van der Waals surface area contributed by atoms with Crippen molar-refractivity contribution in [3.8, 4) is 0 Å². The van der Waals surface area contributed by atoms with Gasteiger partial charge in [-0.3, -0.25) is 4.79 Å². The molecule has 2 saturated carbocycles. The number of aliphatic hydroxyl groups is 1. The van der Waals surface area contributed by atoms with E-state index in [2.05, 4.69) is 41.4 Å².